The van der Waals surface area contributed by atoms with Crippen LogP contribution < -0.4 is 5.32 Å². The van der Waals surface area contributed by atoms with Crippen LogP contribution in [-0.2, 0) is 4.79 Å². The van der Waals surface area contributed by atoms with E-state index in [0.29, 0.717) is 17.9 Å². The lowest BCUT2D eigenvalue weighted by Gasteiger charge is -2.34. The fourth-order valence-corrected chi connectivity index (χ4v) is 3.44. The highest BCUT2D eigenvalue weighted by atomic mass is 16.2. The summed E-state index contributed by atoms with van der Waals surface area (Å²) in [6.45, 7) is 5.00. The predicted molar refractivity (Wildman–Crippen MR) is 80.6 cm³/mol. The van der Waals surface area contributed by atoms with Gasteiger partial charge in [0.05, 0.1) is 0 Å². The van der Waals surface area contributed by atoms with E-state index in [4.69, 9.17) is 0 Å². The Morgan fingerprint density at radius 2 is 2.15 bits per heavy atom. The van der Waals surface area contributed by atoms with E-state index in [-0.39, 0.29) is 5.92 Å². The van der Waals surface area contributed by atoms with Crippen molar-refractivity contribution in [2.45, 2.75) is 38.1 Å². The van der Waals surface area contributed by atoms with Crippen LogP contribution in [-0.4, -0.2) is 36.5 Å². The van der Waals surface area contributed by atoms with Gasteiger partial charge in [0.1, 0.15) is 0 Å². The van der Waals surface area contributed by atoms with Crippen LogP contribution in [0.5, 0.6) is 0 Å². The summed E-state index contributed by atoms with van der Waals surface area (Å²) < 4.78 is 0. The molecule has 2 aliphatic rings. The second-order valence-electron chi connectivity index (χ2n) is 5.98. The molecule has 1 aromatic carbocycles. The van der Waals surface area contributed by atoms with E-state index in [1.54, 1.807) is 0 Å². The van der Waals surface area contributed by atoms with E-state index >= 15 is 0 Å². The van der Waals surface area contributed by atoms with Crippen molar-refractivity contribution in [2.24, 2.45) is 5.92 Å². The van der Waals surface area contributed by atoms with E-state index in [0.717, 1.165) is 32.5 Å². The van der Waals surface area contributed by atoms with E-state index in [2.05, 4.69) is 41.4 Å². The lowest BCUT2D eigenvalue weighted by atomic mass is 10.0. The molecule has 1 saturated heterocycles. The first kappa shape index (κ1) is 13.6. The molecule has 3 atom stereocenters. The Morgan fingerprint density at radius 1 is 1.35 bits per heavy atom. The zero-order valence-corrected chi connectivity index (χ0v) is 12.2. The molecule has 3 nitrogen and oxygen atoms in total. The summed E-state index contributed by atoms with van der Waals surface area (Å²) in [5, 5.41) is 3.41. The van der Waals surface area contributed by atoms with E-state index in [1.165, 1.54) is 12.0 Å². The number of hydrogen-bond donors (Lipinski definition) is 1. The molecule has 0 bridgehead atoms. The average molecular weight is 272 g/mol. The van der Waals surface area contributed by atoms with Crippen molar-refractivity contribution in [3.05, 3.63) is 35.9 Å². The molecule has 3 rings (SSSR count). The van der Waals surface area contributed by atoms with Crippen molar-refractivity contribution in [3.63, 3.8) is 0 Å². The van der Waals surface area contributed by atoms with Gasteiger partial charge in [-0.1, -0.05) is 30.3 Å². The Balaban J connectivity index is 1.64. The standard InChI is InChI=1S/C17H24N2O/c1-2-19(14-9-6-10-18-12-14)17(20)16-11-15(16)13-7-4-3-5-8-13/h3-5,7-8,14-16,18H,2,6,9-12H2,1H3. The number of amides is 1. The highest BCUT2D eigenvalue weighted by molar-refractivity contribution is 5.83. The maximum absolute atomic E-state index is 12.7. The van der Waals surface area contributed by atoms with Gasteiger partial charge in [0.25, 0.3) is 0 Å². The van der Waals surface area contributed by atoms with Crippen molar-refractivity contribution in [1.29, 1.82) is 0 Å². The Kier molecular flexibility index (Phi) is 4.06. The van der Waals surface area contributed by atoms with Crippen LogP contribution in [0.1, 0.15) is 37.7 Å². The molecule has 1 aliphatic heterocycles. The number of carbonyl (C=O) groups is 1. The first-order valence-corrected chi connectivity index (χ1v) is 7.87. The molecular formula is C17H24N2O. The van der Waals surface area contributed by atoms with Crippen molar-refractivity contribution in [2.75, 3.05) is 19.6 Å². The zero-order chi connectivity index (χ0) is 13.9. The summed E-state index contributed by atoms with van der Waals surface area (Å²) in [6.07, 6.45) is 3.36. The van der Waals surface area contributed by atoms with Crippen LogP contribution in [0.3, 0.4) is 0 Å². The summed E-state index contributed by atoms with van der Waals surface area (Å²) in [5.74, 6) is 1.05. The molecular weight excluding hydrogens is 248 g/mol. The predicted octanol–water partition coefficient (Wildman–Crippen LogP) is 2.39. The van der Waals surface area contributed by atoms with Crippen molar-refractivity contribution < 1.29 is 4.79 Å². The van der Waals surface area contributed by atoms with Gasteiger partial charge >= 0.3 is 0 Å². The SMILES string of the molecule is CCN(C(=O)C1CC1c1ccccc1)C1CCCNC1. The number of nitrogens with zero attached hydrogens (tertiary/aromatic N) is 1. The van der Waals surface area contributed by atoms with Crippen LogP contribution in [0, 0.1) is 5.92 Å². The van der Waals surface area contributed by atoms with Crippen LogP contribution in [0.2, 0.25) is 0 Å². The molecule has 108 valence electrons. The van der Waals surface area contributed by atoms with Gasteiger partial charge in [-0.05, 0) is 44.2 Å². The Hall–Kier alpha value is -1.35. The summed E-state index contributed by atoms with van der Waals surface area (Å²) in [4.78, 5) is 14.8. The molecule has 2 fully saturated rings. The molecule has 1 aliphatic carbocycles. The molecule has 0 spiro atoms. The van der Waals surface area contributed by atoms with Crippen molar-refractivity contribution in [3.8, 4) is 0 Å². The van der Waals surface area contributed by atoms with Crippen molar-refractivity contribution in [1.82, 2.24) is 10.2 Å². The average Bonchev–Trinajstić information content (AvgIpc) is 3.30. The fourth-order valence-electron chi connectivity index (χ4n) is 3.44. The third-order valence-corrected chi connectivity index (χ3v) is 4.67. The Labute approximate surface area is 121 Å². The maximum atomic E-state index is 12.7. The van der Waals surface area contributed by atoms with Gasteiger partial charge in [-0.15, -0.1) is 0 Å². The molecule has 3 heteroatoms. The van der Waals surface area contributed by atoms with Gasteiger partial charge in [-0.3, -0.25) is 4.79 Å². The molecule has 20 heavy (non-hydrogen) atoms. The minimum atomic E-state index is 0.222. The molecule has 1 N–H and O–H groups in total. The third kappa shape index (κ3) is 2.73. The number of carbonyl (C=O) groups excluding carboxylic acids is 1. The fraction of sp³-hybridized carbons (Fsp3) is 0.588. The van der Waals surface area contributed by atoms with Gasteiger partial charge in [-0.2, -0.15) is 0 Å². The largest absolute Gasteiger partial charge is 0.338 e. The lowest BCUT2D eigenvalue weighted by molar-refractivity contribution is -0.135. The highest BCUT2D eigenvalue weighted by Gasteiger charge is 2.46. The monoisotopic (exact) mass is 272 g/mol. The normalized spacial score (nSPS) is 28.9. The maximum Gasteiger partial charge on any atom is 0.226 e. The summed E-state index contributed by atoms with van der Waals surface area (Å²) in [6, 6.07) is 10.9. The molecule has 1 heterocycles. The first-order chi connectivity index (χ1) is 9.81. The molecule has 0 aromatic heterocycles. The third-order valence-electron chi connectivity index (χ3n) is 4.67. The van der Waals surface area contributed by atoms with Gasteiger partial charge in [0, 0.05) is 25.0 Å². The van der Waals surface area contributed by atoms with Gasteiger partial charge in [-0.25, -0.2) is 0 Å². The van der Waals surface area contributed by atoms with Crippen LogP contribution in [0.15, 0.2) is 30.3 Å². The number of nitrogens with one attached hydrogen (secondary N) is 1. The minimum Gasteiger partial charge on any atom is -0.338 e. The smallest absolute Gasteiger partial charge is 0.226 e. The van der Waals surface area contributed by atoms with Crippen molar-refractivity contribution >= 4 is 5.91 Å². The second-order valence-corrected chi connectivity index (χ2v) is 5.98. The zero-order valence-electron chi connectivity index (χ0n) is 12.2. The number of likely N-dealkylation sites (N-methyl/N-ethyl adjacent to an activating group) is 1. The first-order valence-electron chi connectivity index (χ1n) is 7.87. The molecule has 0 radical (unpaired) electrons. The number of piperidine rings is 1. The molecule has 1 aromatic rings. The molecule has 1 amide bonds. The van der Waals surface area contributed by atoms with Gasteiger partial charge in [0.2, 0.25) is 5.91 Å². The van der Waals surface area contributed by atoms with Crippen LogP contribution in [0.25, 0.3) is 0 Å². The summed E-state index contributed by atoms with van der Waals surface area (Å²) >= 11 is 0. The number of benzene rings is 1. The second kappa shape index (κ2) is 5.96. The number of hydrogen-bond acceptors (Lipinski definition) is 2. The highest BCUT2D eigenvalue weighted by Crippen LogP contribution is 2.48. The number of rotatable bonds is 4. The van der Waals surface area contributed by atoms with Gasteiger partial charge in [0.15, 0.2) is 0 Å². The van der Waals surface area contributed by atoms with Crippen LogP contribution >= 0.6 is 0 Å². The molecule has 3 unspecified atom stereocenters. The quantitative estimate of drug-likeness (QED) is 0.913. The van der Waals surface area contributed by atoms with E-state index in [1.807, 2.05) is 6.07 Å². The Bertz CT molecular complexity index is 453. The summed E-state index contributed by atoms with van der Waals surface area (Å²) in [7, 11) is 0. The van der Waals surface area contributed by atoms with Gasteiger partial charge < -0.3 is 10.2 Å². The topological polar surface area (TPSA) is 32.3 Å². The summed E-state index contributed by atoms with van der Waals surface area (Å²) in [5.41, 5.74) is 1.32. The molecule has 1 saturated carbocycles. The van der Waals surface area contributed by atoms with E-state index < -0.39 is 0 Å². The Morgan fingerprint density at radius 3 is 2.80 bits per heavy atom. The van der Waals surface area contributed by atoms with Crippen LogP contribution in [0.4, 0.5) is 0 Å². The minimum absolute atomic E-state index is 0.222. The lowest BCUT2D eigenvalue weighted by Crippen LogP contribution is -2.49. The van der Waals surface area contributed by atoms with E-state index in [9.17, 15) is 4.79 Å².